The third-order valence-corrected chi connectivity index (χ3v) is 8.26. The standard InChI is InChI=1S/C24H30N2O3S/c1-2-29-21-16-20(24(21)9-6-10-24)25-22(27)19-15-18(17-7-4-3-5-8-17)23(30-19)26-11-13-28-14-12-26/h3-5,7-8,15,20-21H,2,6,9-14,16H2,1H3,(H,25,27)/t20-,21+/m1/s1. The van der Waals surface area contributed by atoms with Gasteiger partial charge in [0.05, 0.1) is 29.2 Å². The molecule has 1 amide bonds. The number of nitrogens with zero attached hydrogens (tertiary/aromatic N) is 1. The molecule has 5 rings (SSSR count). The van der Waals surface area contributed by atoms with Crippen LogP contribution in [0.1, 0.15) is 42.3 Å². The summed E-state index contributed by atoms with van der Waals surface area (Å²) in [5, 5.41) is 4.53. The van der Waals surface area contributed by atoms with Gasteiger partial charge in [-0.15, -0.1) is 11.3 Å². The molecule has 6 heteroatoms. The summed E-state index contributed by atoms with van der Waals surface area (Å²) in [4.78, 5) is 16.4. The van der Waals surface area contributed by atoms with Gasteiger partial charge in [-0.05, 0) is 37.8 Å². The number of benzene rings is 1. The lowest BCUT2D eigenvalue weighted by Gasteiger charge is -2.60. The second-order valence-electron chi connectivity index (χ2n) is 8.59. The Labute approximate surface area is 182 Å². The highest BCUT2D eigenvalue weighted by Crippen LogP contribution is 2.57. The summed E-state index contributed by atoms with van der Waals surface area (Å²) in [5.41, 5.74) is 2.48. The monoisotopic (exact) mass is 426 g/mol. The fourth-order valence-corrected chi connectivity index (χ4v) is 6.32. The van der Waals surface area contributed by atoms with Crippen molar-refractivity contribution in [2.75, 3.05) is 37.8 Å². The summed E-state index contributed by atoms with van der Waals surface area (Å²) in [6, 6.07) is 12.7. The molecule has 2 aromatic rings. The topological polar surface area (TPSA) is 50.8 Å². The molecule has 30 heavy (non-hydrogen) atoms. The minimum atomic E-state index is 0.0583. The fourth-order valence-electron chi connectivity index (χ4n) is 5.19. The molecule has 1 N–H and O–H groups in total. The molecule has 2 saturated carbocycles. The molecule has 3 fully saturated rings. The Bertz CT molecular complexity index is 887. The maximum atomic E-state index is 13.2. The molecule has 1 aromatic carbocycles. The van der Waals surface area contributed by atoms with Crippen LogP contribution in [0.25, 0.3) is 11.1 Å². The molecule has 2 atom stereocenters. The van der Waals surface area contributed by atoms with E-state index in [9.17, 15) is 4.79 Å². The molecular weight excluding hydrogens is 396 g/mol. The van der Waals surface area contributed by atoms with Gasteiger partial charge in [-0.1, -0.05) is 36.8 Å². The van der Waals surface area contributed by atoms with Crippen LogP contribution in [0.3, 0.4) is 0 Å². The highest BCUT2D eigenvalue weighted by atomic mass is 32.1. The summed E-state index contributed by atoms with van der Waals surface area (Å²) in [6.45, 7) is 6.00. The number of carbonyl (C=O) groups excluding carboxylic acids is 1. The Hall–Kier alpha value is -1.89. The highest BCUT2D eigenvalue weighted by molar-refractivity contribution is 7.18. The first-order valence-electron chi connectivity index (χ1n) is 11.2. The number of ether oxygens (including phenoxy) is 2. The molecule has 5 nitrogen and oxygen atoms in total. The maximum absolute atomic E-state index is 13.2. The molecule has 3 aliphatic rings. The Kier molecular flexibility index (Phi) is 5.56. The first-order valence-corrected chi connectivity index (χ1v) is 12.0. The second-order valence-corrected chi connectivity index (χ2v) is 9.62. The Morgan fingerprint density at radius 2 is 2.03 bits per heavy atom. The molecule has 2 heterocycles. The zero-order valence-corrected chi connectivity index (χ0v) is 18.4. The molecule has 1 saturated heterocycles. The quantitative estimate of drug-likeness (QED) is 0.747. The number of nitrogens with one attached hydrogen (secondary N) is 1. The Morgan fingerprint density at radius 3 is 2.70 bits per heavy atom. The van der Waals surface area contributed by atoms with E-state index in [2.05, 4.69) is 47.5 Å². The predicted octanol–water partition coefficient (Wildman–Crippen LogP) is 4.33. The number of rotatable bonds is 6. The van der Waals surface area contributed by atoms with Crippen molar-refractivity contribution in [3.05, 3.63) is 41.3 Å². The Morgan fingerprint density at radius 1 is 1.27 bits per heavy atom. The van der Waals surface area contributed by atoms with Gasteiger partial charge in [0.15, 0.2) is 0 Å². The van der Waals surface area contributed by atoms with Crippen molar-refractivity contribution in [1.82, 2.24) is 5.32 Å². The van der Waals surface area contributed by atoms with Gasteiger partial charge in [-0.3, -0.25) is 4.79 Å². The van der Waals surface area contributed by atoms with Crippen molar-refractivity contribution in [3.63, 3.8) is 0 Å². The van der Waals surface area contributed by atoms with Crippen molar-refractivity contribution >= 4 is 22.2 Å². The van der Waals surface area contributed by atoms with Gasteiger partial charge in [0.25, 0.3) is 5.91 Å². The molecule has 160 valence electrons. The fraction of sp³-hybridized carbons (Fsp3) is 0.542. The van der Waals surface area contributed by atoms with E-state index in [0.29, 0.717) is 6.10 Å². The molecule has 0 bridgehead atoms. The third-order valence-electron chi connectivity index (χ3n) is 7.06. The number of hydrogen-bond donors (Lipinski definition) is 1. The molecule has 1 spiro atoms. The van der Waals surface area contributed by atoms with E-state index >= 15 is 0 Å². The van der Waals surface area contributed by atoms with Crippen LogP contribution in [-0.4, -0.2) is 51.0 Å². The van der Waals surface area contributed by atoms with Gasteiger partial charge in [-0.25, -0.2) is 0 Å². The zero-order chi connectivity index (χ0) is 20.6. The van der Waals surface area contributed by atoms with E-state index in [4.69, 9.17) is 9.47 Å². The summed E-state index contributed by atoms with van der Waals surface area (Å²) in [5.74, 6) is 0.0583. The van der Waals surface area contributed by atoms with Gasteiger partial charge >= 0.3 is 0 Å². The number of thiophene rings is 1. The van der Waals surface area contributed by atoms with Crippen molar-refractivity contribution in [2.24, 2.45) is 5.41 Å². The van der Waals surface area contributed by atoms with Gasteiger partial charge in [0.2, 0.25) is 0 Å². The van der Waals surface area contributed by atoms with E-state index in [1.54, 1.807) is 11.3 Å². The van der Waals surface area contributed by atoms with Gasteiger partial charge in [-0.2, -0.15) is 0 Å². The smallest absolute Gasteiger partial charge is 0.261 e. The Balaban J connectivity index is 1.38. The zero-order valence-electron chi connectivity index (χ0n) is 17.6. The third kappa shape index (κ3) is 3.45. The van der Waals surface area contributed by atoms with Crippen LogP contribution in [0.15, 0.2) is 36.4 Å². The van der Waals surface area contributed by atoms with Crippen LogP contribution in [-0.2, 0) is 9.47 Å². The number of hydrogen-bond acceptors (Lipinski definition) is 5. The van der Waals surface area contributed by atoms with Crippen LogP contribution >= 0.6 is 11.3 Å². The summed E-state index contributed by atoms with van der Waals surface area (Å²) < 4.78 is 11.5. The maximum Gasteiger partial charge on any atom is 0.261 e. The average molecular weight is 427 g/mol. The second kappa shape index (κ2) is 8.33. The first kappa shape index (κ1) is 20.0. The lowest BCUT2D eigenvalue weighted by molar-refractivity contribution is -0.169. The van der Waals surface area contributed by atoms with E-state index in [1.165, 1.54) is 24.3 Å². The SMILES string of the molecule is CCO[C@H]1C[C@@H](NC(=O)c2cc(-c3ccccc3)c(N3CCOCC3)s2)C12CCC2. The number of carbonyl (C=O) groups is 1. The predicted molar refractivity (Wildman–Crippen MR) is 120 cm³/mol. The van der Waals surface area contributed by atoms with Gasteiger partial charge in [0, 0.05) is 36.7 Å². The van der Waals surface area contributed by atoms with Crippen molar-refractivity contribution in [1.29, 1.82) is 0 Å². The van der Waals surface area contributed by atoms with Crippen LogP contribution in [0, 0.1) is 5.41 Å². The van der Waals surface area contributed by atoms with Crippen molar-refractivity contribution in [3.8, 4) is 11.1 Å². The molecule has 2 aliphatic carbocycles. The molecule has 1 aromatic heterocycles. The minimum Gasteiger partial charge on any atom is -0.378 e. The summed E-state index contributed by atoms with van der Waals surface area (Å²) >= 11 is 1.61. The minimum absolute atomic E-state index is 0.0583. The largest absolute Gasteiger partial charge is 0.378 e. The molecule has 0 unspecified atom stereocenters. The van der Waals surface area contributed by atoms with E-state index in [1.807, 2.05) is 6.07 Å². The van der Waals surface area contributed by atoms with Crippen LogP contribution in [0.4, 0.5) is 5.00 Å². The van der Waals surface area contributed by atoms with E-state index in [-0.39, 0.29) is 17.4 Å². The average Bonchev–Trinajstić information content (AvgIpc) is 3.18. The highest BCUT2D eigenvalue weighted by Gasteiger charge is 2.59. The molecular formula is C24H30N2O3S. The molecule has 1 aliphatic heterocycles. The van der Waals surface area contributed by atoms with Crippen LogP contribution in [0.2, 0.25) is 0 Å². The van der Waals surface area contributed by atoms with E-state index < -0.39 is 0 Å². The first-order chi connectivity index (χ1) is 14.7. The normalized spacial score (nSPS) is 24.9. The van der Waals surface area contributed by atoms with Crippen LogP contribution < -0.4 is 10.2 Å². The van der Waals surface area contributed by atoms with Crippen molar-refractivity contribution in [2.45, 2.75) is 44.8 Å². The number of anilines is 1. The van der Waals surface area contributed by atoms with Crippen LogP contribution in [0.5, 0.6) is 0 Å². The van der Waals surface area contributed by atoms with Gasteiger partial charge < -0.3 is 19.7 Å². The summed E-state index contributed by atoms with van der Waals surface area (Å²) in [7, 11) is 0. The number of morpholine rings is 1. The molecule has 0 radical (unpaired) electrons. The lowest BCUT2D eigenvalue weighted by Crippen LogP contribution is -2.67. The van der Waals surface area contributed by atoms with Crippen molar-refractivity contribution < 1.29 is 14.3 Å². The number of amides is 1. The van der Waals surface area contributed by atoms with E-state index in [0.717, 1.165) is 55.3 Å². The summed E-state index contributed by atoms with van der Waals surface area (Å²) in [6.07, 6.45) is 4.83. The van der Waals surface area contributed by atoms with Gasteiger partial charge in [0.1, 0.15) is 0 Å². The lowest BCUT2D eigenvalue weighted by atomic mass is 9.51.